The summed E-state index contributed by atoms with van der Waals surface area (Å²) in [4.78, 5) is 15.6. The van der Waals surface area contributed by atoms with E-state index in [-0.39, 0.29) is 18.6 Å². The summed E-state index contributed by atoms with van der Waals surface area (Å²) in [6, 6.07) is 16.1. The maximum Gasteiger partial charge on any atom is 0.254 e. The van der Waals surface area contributed by atoms with E-state index < -0.39 is 0 Å². The number of aliphatic hydroxyl groups is 1. The smallest absolute Gasteiger partial charge is 0.254 e. The minimum absolute atomic E-state index is 0.0644. The Hall–Kier alpha value is -2.61. The molecule has 0 fully saturated rings. The number of hydrogen-bond donors (Lipinski definition) is 2. The summed E-state index contributed by atoms with van der Waals surface area (Å²) in [6.45, 7) is 15.4. The largest absolute Gasteiger partial charge is 0.395 e. The molecular weight excluding hydrogens is 444 g/mol. The van der Waals surface area contributed by atoms with Crippen LogP contribution in [0, 0.1) is 24.7 Å². The minimum atomic E-state index is 0.0644. The van der Waals surface area contributed by atoms with E-state index in [2.05, 4.69) is 57.8 Å². The molecule has 2 N–H and O–H groups in total. The van der Waals surface area contributed by atoms with Crippen molar-refractivity contribution in [2.75, 3.05) is 19.7 Å². The summed E-state index contributed by atoms with van der Waals surface area (Å²) >= 11 is 0. The number of carbonyl (C=O) groups is 1. The van der Waals surface area contributed by atoms with Crippen LogP contribution in [0.4, 0.5) is 0 Å². The highest BCUT2D eigenvalue weighted by molar-refractivity contribution is 5.94. The van der Waals surface area contributed by atoms with Crippen molar-refractivity contribution >= 4 is 5.91 Å². The molecule has 2 rings (SSSR count). The number of benzene rings is 2. The number of hydrogen-bond acceptors (Lipinski definition) is 3. The summed E-state index contributed by atoms with van der Waals surface area (Å²) < 4.78 is 0. The first-order valence-electron chi connectivity index (χ1n) is 13.6. The molecule has 1 unspecified atom stereocenters. The van der Waals surface area contributed by atoms with E-state index in [9.17, 15) is 4.79 Å². The molecule has 0 saturated heterocycles. The molecule has 0 bridgehead atoms. The third-order valence-electron chi connectivity index (χ3n) is 5.77. The van der Waals surface area contributed by atoms with Crippen molar-refractivity contribution in [2.24, 2.45) is 5.92 Å². The summed E-state index contributed by atoms with van der Waals surface area (Å²) in [5.41, 5.74) is 3.85. The van der Waals surface area contributed by atoms with Gasteiger partial charge in [0.15, 0.2) is 0 Å². The standard InChI is InChI=1S/C29H40N2O2.C3H8/c1-5-28(17-19-30-18-16-23(2)3)31(29(33)27-14-12-24(4)13-15-27)22-26-11-8-10-25(21-26)9-6-7-20-32;1-3-2/h8,10-15,21,23,28,30,32H,5,7,16-20,22H2,1-4H3;3H2,1-2H3. The number of rotatable bonds is 12. The summed E-state index contributed by atoms with van der Waals surface area (Å²) in [6.07, 6.45) is 4.69. The molecule has 0 spiro atoms. The van der Waals surface area contributed by atoms with Crippen molar-refractivity contribution in [2.45, 2.75) is 86.2 Å². The normalized spacial score (nSPS) is 11.2. The van der Waals surface area contributed by atoms with Crippen molar-refractivity contribution < 1.29 is 9.90 Å². The molecule has 36 heavy (non-hydrogen) atoms. The van der Waals surface area contributed by atoms with E-state index in [0.717, 1.165) is 54.6 Å². The van der Waals surface area contributed by atoms with Gasteiger partial charge in [-0.25, -0.2) is 0 Å². The second-order valence-electron chi connectivity index (χ2n) is 9.77. The number of amides is 1. The third-order valence-corrected chi connectivity index (χ3v) is 5.77. The predicted octanol–water partition coefficient (Wildman–Crippen LogP) is 6.59. The van der Waals surface area contributed by atoms with E-state index >= 15 is 0 Å². The first-order chi connectivity index (χ1) is 17.4. The molecule has 0 aliphatic heterocycles. The van der Waals surface area contributed by atoms with Crippen molar-refractivity contribution in [3.05, 3.63) is 70.8 Å². The van der Waals surface area contributed by atoms with Gasteiger partial charge in [0.2, 0.25) is 0 Å². The highest BCUT2D eigenvalue weighted by atomic mass is 16.2. The van der Waals surface area contributed by atoms with Gasteiger partial charge in [0.25, 0.3) is 5.91 Å². The van der Waals surface area contributed by atoms with Gasteiger partial charge in [-0.3, -0.25) is 4.79 Å². The fourth-order valence-corrected chi connectivity index (χ4v) is 3.76. The zero-order valence-corrected chi connectivity index (χ0v) is 23.4. The number of nitrogens with one attached hydrogen (secondary N) is 1. The van der Waals surface area contributed by atoms with Crippen LogP contribution in [0.15, 0.2) is 48.5 Å². The molecule has 198 valence electrons. The number of nitrogens with zero attached hydrogens (tertiary/aromatic N) is 1. The Morgan fingerprint density at radius 2 is 1.69 bits per heavy atom. The van der Waals surface area contributed by atoms with Gasteiger partial charge in [0.05, 0.1) is 6.61 Å². The lowest BCUT2D eigenvalue weighted by molar-refractivity contribution is 0.0644. The van der Waals surface area contributed by atoms with E-state index in [1.807, 2.05) is 54.3 Å². The number of carbonyl (C=O) groups excluding carboxylic acids is 1. The molecule has 1 amide bonds. The number of aryl methyl sites for hydroxylation is 1. The molecule has 4 nitrogen and oxygen atoms in total. The average molecular weight is 493 g/mol. The van der Waals surface area contributed by atoms with Crippen LogP contribution in [0.3, 0.4) is 0 Å². The lowest BCUT2D eigenvalue weighted by Gasteiger charge is -2.32. The topological polar surface area (TPSA) is 52.6 Å². The van der Waals surface area contributed by atoms with Gasteiger partial charge in [-0.1, -0.05) is 82.7 Å². The van der Waals surface area contributed by atoms with Gasteiger partial charge in [-0.15, -0.1) is 0 Å². The van der Waals surface area contributed by atoms with Crippen molar-refractivity contribution in [1.29, 1.82) is 0 Å². The second kappa shape index (κ2) is 18.6. The SMILES string of the molecule is CCC.CCC(CCNCCC(C)C)N(Cc1cccc(C#CCCO)c1)C(=O)c1ccc(C)cc1. The molecule has 1 atom stereocenters. The van der Waals surface area contributed by atoms with E-state index in [1.54, 1.807) is 0 Å². The van der Waals surface area contributed by atoms with Crippen LogP contribution >= 0.6 is 0 Å². The van der Waals surface area contributed by atoms with E-state index in [1.165, 1.54) is 6.42 Å². The minimum Gasteiger partial charge on any atom is -0.395 e. The molecule has 0 aliphatic carbocycles. The maximum absolute atomic E-state index is 13.6. The lowest BCUT2D eigenvalue weighted by atomic mass is 10.0. The van der Waals surface area contributed by atoms with Crippen LogP contribution in [-0.4, -0.2) is 41.7 Å². The molecule has 2 aromatic rings. The third kappa shape index (κ3) is 12.4. The number of aliphatic hydroxyl groups excluding tert-OH is 1. The Morgan fingerprint density at radius 3 is 2.31 bits per heavy atom. The zero-order valence-electron chi connectivity index (χ0n) is 23.4. The van der Waals surface area contributed by atoms with Gasteiger partial charge in [-0.2, -0.15) is 0 Å². The average Bonchev–Trinajstić information content (AvgIpc) is 2.86. The fraction of sp³-hybridized carbons (Fsp3) is 0.531. The van der Waals surface area contributed by atoms with Gasteiger partial charge < -0.3 is 15.3 Å². The fourth-order valence-electron chi connectivity index (χ4n) is 3.76. The van der Waals surface area contributed by atoms with Crippen molar-refractivity contribution in [1.82, 2.24) is 10.2 Å². The lowest BCUT2D eigenvalue weighted by Crippen LogP contribution is -2.41. The van der Waals surface area contributed by atoms with Crippen molar-refractivity contribution in [3.8, 4) is 11.8 Å². The van der Waals surface area contributed by atoms with E-state index in [0.29, 0.717) is 18.9 Å². The highest BCUT2D eigenvalue weighted by Crippen LogP contribution is 2.19. The molecule has 0 aliphatic rings. The van der Waals surface area contributed by atoms with Crippen LogP contribution in [0.2, 0.25) is 0 Å². The summed E-state index contributed by atoms with van der Waals surface area (Å²) in [5, 5.41) is 12.5. The van der Waals surface area contributed by atoms with Crippen LogP contribution < -0.4 is 5.32 Å². The van der Waals surface area contributed by atoms with Crippen LogP contribution in [0.25, 0.3) is 0 Å². The monoisotopic (exact) mass is 492 g/mol. The second-order valence-corrected chi connectivity index (χ2v) is 9.77. The first-order valence-corrected chi connectivity index (χ1v) is 13.6. The van der Waals surface area contributed by atoms with Gasteiger partial charge in [0, 0.05) is 30.1 Å². The van der Waals surface area contributed by atoms with Gasteiger partial charge in [-0.05, 0) is 75.0 Å². The molecule has 0 radical (unpaired) electrons. The molecule has 4 heteroatoms. The Bertz CT molecular complexity index is 925. The van der Waals surface area contributed by atoms with Crippen LogP contribution in [-0.2, 0) is 6.54 Å². The molecule has 0 aromatic heterocycles. The Kier molecular flexibility index (Phi) is 16.3. The van der Waals surface area contributed by atoms with Crippen molar-refractivity contribution in [3.63, 3.8) is 0 Å². The zero-order chi connectivity index (χ0) is 26.8. The Labute approximate surface area is 220 Å². The van der Waals surface area contributed by atoms with Crippen LogP contribution in [0.5, 0.6) is 0 Å². The maximum atomic E-state index is 13.6. The predicted molar refractivity (Wildman–Crippen MR) is 153 cm³/mol. The Morgan fingerprint density at radius 1 is 1.03 bits per heavy atom. The van der Waals surface area contributed by atoms with E-state index in [4.69, 9.17) is 5.11 Å². The molecule has 2 aromatic carbocycles. The molecular formula is C32H48N2O2. The first kappa shape index (κ1) is 31.4. The van der Waals surface area contributed by atoms with Gasteiger partial charge in [0.1, 0.15) is 0 Å². The van der Waals surface area contributed by atoms with Gasteiger partial charge >= 0.3 is 0 Å². The highest BCUT2D eigenvalue weighted by Gasteiger charge is 2.24. The molecule has 0 saturated carbocycles. The quantitative estimate of drug-likeness (QED) is 0.259. The summed E-state index contributed by atoms with van der Waals surface area (Å²) in [5.74, 6) is 6.84. The van der Waals surface area contributed by atoms with Crippen LogP contribution in [0.1, 0.15) is 93.8 Å². The Balaban J connectivity index is 0.00000205. The summed E-state index contributed by atoms with van der Waals surface area (Å²) in [7, 11) is 0. The molecule has 0 heterocycles.